The van der Waals surface area contributed by atoms with Crippen LogP contribution in [-0.4, -0.2) is 4.86 Å². The van der Waals surface area contributed by atoms with Crippen molar-refractivity contribution in [2.75, 3.05) is 0 Å². The topological polar surface area (TPSA) is 0 Å². The van der Waals surface area contributed by atoms with Crippen LogP contribution in [0.5, 0.6) is 0 Å². The molecule has 1 heteroatoms. The summed E-state index contributed by atoms with van der Waals surface area (Å²) in [6, 6.07) is 0. The van der Waals surface area contributed by atoms with Crippen LogP contribution in [0.25, 0.3) is 0 Å². The molecule has 0 saturated heterocycles. The molecule has 0 nitrogen and oxygen atoms in total. The highest BCUT2D eigenvalue weighted by Gasteiger charge is 1.95. The minimum atomic E-state index is 0.571. The Morgan fingerprint density at radius 1 is 1.38 bits per heavy atom. The third-order valence-electron chi connectivity index (χ3n) is 1.13. The van der Waals surface area contributed by atoms with Gasteiger partial charge in [-0.05, 0) is 18.1 Å². The minimum absolute atomic E-state index is 0.571. The van der Waals surface area contributed by atoms with Crippen molar-refractivity contribution in [2.24, 2.45) is 5.92 Å². The maximum Gasteiger partial charge on any atom is 0.0371 e. The fraction of sp³-hybridized carbons (Fsp3) is 0.286. The fourth-order valence-corrected chi connectivity index (χ4v) is 0.770. The van der Waals surface area contributed by atoms with Gasteiger partial charge in [-0.3, -0.25) is 0 Å². The van der Waals surface area contributed by atoms with E-state index >= 15 is 0 Å². The van der Waals surface area contributed by atoms with E-state index in [0.717, 1.165) is 4.86 Å². The Hall–Kier alpha value is -0.430. The highest BCUT2D eigenvalue weighted by atomic mass is 32.1. The maximum atomic E-state index is 4.88. The lowest BCUT2D eigenvalue weighted by atomic mass is 10.1. The molecule has 0 N–H and O–H groups in total. The lowest BCUT2D eigenvalue weighted by molar-refractivity contribution is 0.938. The fourth-order valence-electron chi connectivity index (χ4n) is 0.613. The third kappa shape index (κ3) is 1.27. The first-order valence-corrected chi connectivity index (χ1v) is 3.10. The molecule has 0 amide bonds. The first-order chi connectivity index (χ1) is 3.79. The van der Waals surface area contributed by atoms with Crippen LogP contribution in [0.3, 0.4) is 0 Å². The molecule has 0 fully saturated rings. The molecular formula is C7H8S. The van der Waals surface area contributed by atoms with Gasteiger partial charge in [-0.25, -0.2) is 0 Å². The number of hydrogen-bond donors (Lipinski definition) is 0. The van der Waals surface area contributed by atoms with Gasteiger partial charge in [-0.1, -0.05) is 31.3 Å². The van der Waals surface area contributed by atoms with E-state index < -0.39 is 0 Å². The molecule has 0 aromatic carbocycles. The summed E-state index contributed by atoms with van der Waals surface area (Å²) >= 11 is 4.88. The predicted octanol–water partition coefficient (Wildman–Crippen LogP) is 2.12. The molecule has 0 aromatic rings. The maximum absolute atomic E-state index is 4.88. The van der Waals surface area contributed by atoms with E-state index in [0.29, 0.717) is 5.92 Å². The Labute approximate surface area is 54.9 Å². The second kappa shape index (κ2) is 2.23. The summed E-state index contributed by atoms with van der Waals surface area (Å²) in [4.78, 5) is 0.933. The number of hydrogen-bond acceptors (Lipinski definition) is 1. The summed E-state index contributed by atoms with van der Waals surface area (Å²) in [5.41, 5.74) is 0. The first-order valence-electron chi connectivity index (χ1n) is 2.69. The van der Waals surface area contributed by atoms with Crippen molar-refractivity contribution in [1.29, 1.82) is 0 Å². The molecule has 0 radical (unpaired) electrons. The second-order valence-electron chi connectivity index (χ2n) is 1.98. The summed E-state index contributed by atoms with van der Waals surface area (Å²) < 4.78 is 0. The first kappa shape index (κ1) is 5.70. The molecule has 0 aromatic heterocycles. The average Bonchev–Trinajstić information content (AvgIpc) is 1.77. The van der Waals surface area contributed by atoms with Crippen LogP contribution in [0, 0.1) is 5.92 Å². The SMILES string of the molecule is CC1C=CC(=S)C=C1. The van der Waals surface area contributed by atoms with Crippen LogP contribution in [0.4, 0.5) is 0 Å². The van der Waals surface area contributed by atoms with Crippen LogP contribution in [0.1, 0.15) is 6.92 Å². The second-order valence-corrected chi connectivity index (χ2v) is 2.45. The van der Waals surface area contributed by atoms with Crippen LogP contribution in [-0.2, 0) is 0 Å². The molecule has 0 unspecified atom stereocenters. The molecule has 0 atom stereocenters. The monoisotopic (exact) mass is 124 g/mol. The largest absolute Gasteiger partial charge is 0.0801 e. The molecule has 0 aliphatic heterocycles. The Morgan fingerprint density at radius 2 is 1.88 bits per heavy atom. The van der Waals surface area contributed by atoms with Crippen molar-refractivity contribution in [2.45, 2.75) is 6.92 Å². The normalized spacial score (nSPS) is 19.9. The van der Waals surface area contributed by atoms with Gasteiger partial charge < -0.3 is 0 Å². The third-order valence-corrected chi connectivity index (χ3v) is 1.40. The molecule has 1 aliphatic carbocycles. The van der Waals surface area contributed by atoms with E-state index in [1.807, 2.05) is 12.2 Å². The highest BCUT2D eigenvalue weighted by Crippen LogP contribution is 2.05. The zero-order chi connectivity index (χ0) is 5.98. The predicted molar refractivity (Wildman–Crippen MR) is 40.0 cm³/mol. The standard InChI is InChI=1S/C7H8S/c1-6-2-4-7(8)5-3-6/h2-6H,1H3. The summed E-state index contributed by atoms with van der Waals surface area (Å²) in [6.07, 6.45) is 8.14. The minimum Gasteiger partial charge on any atom is -0.0801 e. The smallest absolute Gasteiger partial charge is 0.0371 e. The highest BCUT2D eigenvalue weighted by molar-refractivity contribution is 7.81. The van der Waals surface area contributed by atoms with E-state index in [-0.39, 0.29) is 0 Å². The van der Waals surface area contributed by atoms with Crippen LogP contribution in [0.2, 0.25) is 0 Å². The Bertz CT molecular complexity index is 138. The van der Waals surface area contributed by atoms with Gasteiger partial charge in [0.05, 0.1) is 0 Å². The molecule has 0 bridgehead atoms. The summed E-state index contributed by atoms with van der Waals surface area (Å²) in [6.45, 7) is 2.13. The summed E-state index contributed by atoms with van der Waals surface area (Å²) in [7, 11) is 0. The van der Waals surface area contributed by atoms with Gasteiger partial charge in [0.25, 0.3) is 0 Å². The quantitative estimate of drug-likeness (QED) is 0.446. The number of allylic oxidation sites excluding steroid dienone is 4. The van der Waals surface area contributed by atoms with Gasteiger partial charge in [0, 0.05) is 4.86 Å². The van der Waals surface area contributed by atoms with Crippen LogP contribution in [0.15, 0.2) is 24.3 Å². The van der Waals surface area contributed by atoms with E-state index in [1.165, 1.54) is 0 Å². The van der Waals surface area contributed by atoms with E-state index in [1.54, 1.807) is 0 Å². The Balaban J connectivity index is 2.68. The Morgan fingerprint density at radius 3 is 2.25 bits per heavy atom. The van der Waals surface area contributed by atoms with E-state index in [4.69, 9.17) is 12.2 Å². The van der Waals surface area contributed by atoms with Crippen molar-refractivity contribution >= 4 is 17.1 Å². The van der Waals surface area contributed by atoms with Crippen molar-refractivity contribution in [3.8, 4) is 0 Å². The van der Waals surface area contributed by atoms with Crippen molar-refractivity contribution in [3.63, 3.8) is 0 Å². The van der Waals surface area contributed by atoms with Gasteiger partial charge in [-0.15, -0.1) is 0 Å². The van der Waals surface area contributed by atoms with Crippen molar-refractivity contribution < 1.29 is 0 Å². The molecule has 0 spiro atoms. The van der Waals surface area contributed by atoms with Crippen LogP contribution >= 0.6 is 12.2 Å². The molecule has 0 saturated carbocycles. The lowest BCUT2D eigenvalue weighted by Gasteiger charge is -2.01. The van der Waals surface area contributed by atoms with Crippen molar-refractivity contribution in [3.05, 3.63) is 24.3 Å². The number of rotatable bonds is 0. The molecule has 1 aliphatic rings. The van der Waals surface area contributed by atoms with E-state index in [2.05, 4.69) is 19.1 Å². The molecule has 1 rings (SSSR count). The molecule has 0 heterocycles. The van der Waals surface area contributed by atoms with Crippen LogP contribution < -0.4 is 0 Å². The van der Waals surface area contributed by atoms with Gasteiger partial charge in [-0.2, -0.15) is 0 Å². The van der Waals surface area contributed by atoms with E-state index in [9.17, 15) is 0 Å². The number of thiocarbonyl (C=S) groups is 1. The lowest BCUT2D eigenvalue weighted by Crippen LogP contribution is -1.93. The summed E-state index contributed by atoms with van der Waals surface area (Å²) in [5, 5.41) is 0. The Kier molecular flexibility index (Phi) is 1.59. The van der Waals surface area contributed by atoms with Gasteiger partial charge >= 0.3 is 0 Å². The van der Waals surface area contributed by atoms with Crippen molar-refractivity contribution in [1.82, 2.24) is 0 Å². The van der Waals surface area contributed by atoms with Gasteiger partial charge in [0.15, 0.2) is 0 Å². The molecule has 42 valence electrons. The summed E-state index contributed by atoms with van der Waals surface area (Å²) in [5.74, 6) is 0.571. The molecule has 8 heavy (non-hydrogen) atoms. The molecular weight excluding hydrogens is 116 g/mol. The zero-order valence-electron chi connectivity index (χ0n) is 4.79. The zero-order valence-corrected chi connectivity index (χ0v) is 5.61. The van der Waals surface area contributed by atoms with Gasteiger partial charge in [0.1, 0.15) is 0 Å². The van der Waals surface area contributed by atoms with Gasteiger partial charge in [0.2, 0.25) is 0 Å². The average molecular weight is 124 g/mol.